The number of imide groups is 1. The van der Waals surface area contributed by atoms with Gasteiger partial charge in [-0.15, -0.1) is 0 Å². The maximum Gasteiger partial charge on any atom is 0.335 e. The van der Waals surface area contributed by atoms with Gasteiger partial charge in [-0.1, -0.05) is 24.3 Å². The zero-order chi connectivity index (χ0) is 21.0. The van der Waals surface area contributed by atoms with Crippen LogP contribution in [0.15, 0.2) is 47.4 Å². The van der Waals surface area contributed by atoms with Gasteiger partial charge in [0.1, 0.15) is 6.61 Å². The lowest BCUT2D eigenvalue weighted by atomic mass is 10.1. The molecule has 1 saturated heterocycles. The van der Waals surface area contributed by atoms with Crippen molar-refractivity contribution in [3.63, 3.8) is 0 Å². The number of benzene rings is 2. The molecule has 0 atom stereocenters. The molecule has 29 heavy (non-hydrogen) atoms. The number of ether oxygens (including phenoxy) is 2. The minimum absolute atomic E-state index is 0.110. The molecule has 8 heteroatoms. The molecule has 0 saturated carbocycles. The minimum atomic E-state index is -1.02. The summed E-state index contributed by atoms with van der Waals surface area (Å²) in [5, 5.41) is 8.83. The van der Waals surface area contributed by atoms with E-state index in [0.717, 1.165) is 11.8 Å². The number of amides is 2. The first-order chi connectivity index (χ1) is 13.9. The summed E-state index contributed by atoms with van der Waals surface area (Å²) in [5.74, 6) is -0.496. The second-order valence-corrected chi connectivity index (χ2v) is 7.09. The minimum Gasteiger partial charge on any atom is -0.493 e. The number of carbonyl (C=O) groups excluding carboxylic acids is 2. The van der Waals surface area contributed by atoms with E-state index in [1.165, 1.54) is 24.1 Å². The lowest BCUT2D eigenvalue weighted by molar-refractivity contribution is -0.122. The van der Waals surface area contributed by atoms with Crippen LogP contribution < -0.4 is 9.47 Å². The van der Waals surface area contributed by atoms with Gasteiger partial charge in [-0.3, -0.25) is 14.5 Å². The van der Waals surface area contributed by atoms with Gasteiger partial charge in [0, 0.05) is 12.1 Å². The van der Waals surface area contributed by atoms with E-state index in [0.29, 0.717) is 34.1 Å². The van der Waals surface area contributed by atoms with E-state index in [2.05, 4.69) is 0 Å². The van der Waals surface area contributed by atoms with Crippen molar-refractivity contribution in [2.45, 2.75) is 13.5 Å². The van der Waals surface area contributed by atoms with E-state index < -0.39 is 5.97 Å². The summed E-state index contributed by atoms with van der Waals surface area (Å²) in [6.07, 6.45) is 1.60. The van der Waals surface area contributed by atoms with E-state index in [-0.39, 0.29) is 23.3 Å². The van der Waals surface area contributed by atoms with Crippen molar-refractivity contribution in [2.75, 3.05) is 13.7 Å². The zero-order valence-electron chi connectivity index (χ0n) is 15.9. The fourth-order valence-electron chi connectivity index (χ4n) is 2.83. The van der Waals surface area contributed by atoms with Crippen molar-refractivity contribution in [3.05, 3.63) is 64.1 Å². The van der Waals surface area contributed by atoms with Crippen molar-refractivity contribution in [1.82, 2.24) is 4.90 Å². The largest absolute Gasteiger partial charge is 0.493 e. The Morgan fingerprint density at radius 3 is 2.62 bits per heavy atom. The summed E-state index contributed by atoms with van der Waals surface area (Å²) in [7, 11) is 1.50. The Labute approximate surface area is 171 Å². The van der Waals surface area contributed by atoms with Gasteiger partial charge in [-0.2, -0.15) is 0 Å². The summed E-state index contributed by atoms with van der Waals surface area (Å²) in [4.78, 5) is 37.0. The molecule has 1 aliphatic heterocycles. The Bertz CT molecular complexity index is 1000. The number of carboxylic acid groups (broad SMARTS) is 1. The van der Waals surface area contributed by atoms with Crippen LogP contribution in [-0.4, -0.2) is 40.8 Å². The van der Waals surface area contributed by atoms with Crippen molar-refractivity contribution in [2.24, 2.45) is 0 Å². The molecular weight excluding hydrogens is 394 g/mol. The smallest absolute Gasteiger partial charge is 0.335 e. The quantitative estimate of drug-likeness (QED) is 0.685. The van der Waals surface area contributed by atoms with Crippen LogP contribution >= 0.6 is 11.8 Å². The van der Waals surface area contributed by atoms with E-state index in [1.807, 2.05) is 0 Å². The van der Waals surface area contributed by atoms with E-state index in [9.17, 15) is 14.4 Å². The average Bonchev–Trinajstić information content (AvgIpc) is 2.99. The highest BCUT2D eigenvalue weighted by Gasteiger charge is 2.34. The molecule has 0 aliphatic carbocycles. The Hall–Kier alpha value is -3.26. The predicted octanol–water partition coefficient (Wildman–Crippen LogP) is 4.03. The van der Waals surface area contributed by atoms with Crippen LogP contribution in [0.2, 0.25) is 0 Å². The van der Waals surface area contributed by atoms with Crippen LogP contribution in [0.3, 0.4) is 0 Å². The molecule has 0 spiro atoms. The molecule has 0 unspecified atom stereocenters. The second-order valence-electron chi connectivity index (χ2n) is 6.10. The Morgan fingerprint density at radius 2 is 1.97 bits per heavy atom. The van der Waals surface area contributed by atoms with Crippen LogP contribution in [-0.2, 0) is 11.4 Å². The van der Waals surface area contributed by atoms with Gasteiger partial charge >= 0.3 is 5.97 Å². The number of hydrogen-bond acceptors (Lipinski definition) is 6. The monoisotopic (exact) mass is 413 g/mol. The summed E-state index contributed by atoms with van der Waals surface area (Å²) < 4.78 is 11.3. The highest BCUT2D eigenvalue weighted by Crippen LogP contribution is 2.37. The van der Waals surface area contributed by atoms with Crippen LogP contribution in [0.25, 0.3) is 6.08 Å². The third kappa shape index (κ3) is 4.43. The standard InChI is InChI=1S/C21H19NO6S/c1-3-22-19(23)17(29-21(22)26)11-14-7-5-9-16(27-2)18(14)28-12-13-6-4-8-15(10-13)20(24)25/h4-11H,3,12H2,1-2H3,(H,24,25). The maximum absolute atomic E-state index is 12.4. The number of aromatic carboxylic acids is 1. The van der Waals surface area contributed by atoms with Crippen molar-refractivity contribution in [1.29, 1.82) is 0 Å². The number of carboxylic acids is 1. The number of thioether (sulfide) groups is 1. The molecule has 7 nitrogen and oxygen atoms in total. The van der Waals surface area contributed by atoms with Crippen LogP contribution in [0, 0.1) is 0 Å². The SMILES string of the molecule is CCN1C(=O)SC(=Cc2cccc(OC)c2OCc2cccc(C(=O)O)c2)C1=O. The third-order valence-corrected chi connectivity index (χ3v) is 5.17. The second kappa shape index (κ2) is 8.83. The maximum atomic E-state index is 12.4. The summed E-state index contributed by atoms with van der Waals surface area (Å²) in [5.41, 5.74) is 1.42. The molecule has 3 rings (SSSR count). The van der Waals surface area contributed by atoms with Crippen LogP contribution in [0.1, 0.15) is 28.4 Å². The number of methoxy groups -OCH3 is 1. The van der Waals surface area contributed by atoms with Gasteiger partial charge in [-0.05, 0) is 48.5 Å². The Kier molecular flexibility index (Phi) is 6.23. The normalized spacial score (nSPS) is 15.1. The molecule has 2 aromatic rings. The van der Waals surface area contributed by atoms with Crippen molar-refractivity contribution >= 4 is 35.0 Å². The number of rotatable bonds is 7. The van der Waals surface area contributed by atoms with Gasteiger partial charge in [0.25, 0.3) is 11.1 Å². The van der Waals surface area contributed by atoms with Crippen molar-refractivity contribution in [3.8, 4) is 11.5 Å². The fraction of sp³-hybridized carbons (Fsp3) is 0.190. The molecule has 0 aromatic heterocycles. The van der Waals surface area contributed by atoms with Gasteiger partial charge in [0.2, 0.25) is 0 Å². The molecule has 2 amide bonds. The first kappa shape index (κ1) is 20.5. The molecule has 2 aromatic carbocycles. The number of carbonyl (C=O) groups is 3. The number of hydrogen-bond donors (Lipinski definition) is 1. The Balaban J connectivity index is 1.90. The first-order valence-electron chi connectivity index (χ1n) is 8.82. The molecular formula is C21H19NO6S. The van der Waals surface area contributed by atoms with E-state index in [4.69, 9.17) is 14.6 Å². The highest BCUT2D eigenvalue weighted by molar-refractivity contribution is 8.18. The van der Waals surface area contributed by atoms with Crippen LogP contribution in [0.5, 0.6) is 11.5 Å². The number of nitrogens with zero attached hydrogens (tertiary/aromatic N) is 1. The molecule has 150 valence electrons. The predicted molar refractivity (Wildman–Crippen MR) is 109 cm³/mol. The lowest BCUT2D eigenvalue weighted by Gasteiger charge is -2.14. The summed E-state index contributed by atoms with van der Waals surface area (Å²) in [6.45, 7) is 2.16. The lowest BCUT2D eigenvalue weighted by Crippen LogP contribution is -2.27. The third-order valence-electron chi connectivity index (χ3n) is 4.26. The summed E-state index contributed by atoms with van der Waals surface area (Å²) in [6, 6.07) is 11.7. The van der Waals surface area contributed by atoms with Crippen LogP contribution in [0.4, 0.5) is 4.79 Å². The number of para-hydroxylation sites is 1. The highest BCUT2D eigenvalue weighted by atomic mass is 32.2. The first-order valence-corrected chi connectivity index (χ1v) is 9.63. The fourth-order valence-corrected chi connectivity index (χ4v) is 3.72. The molecule has 1 aliphatic rings. The summed E-state index contributed by atoms with van der Waals surface area (Å²) >= 11 is 0.880. The van der Waals surface area contributed by atoms with Crippen molar-refractivity contribution < 1.29 is 29.0 Å². The van der Waals surface area contributed by atoms with Gasteiger partial charge in [0.05, 0.1) is 17.6 Å². The molecule has 1 N–H and O–H groups in total. The van der Waals surface area contributed by atoms with E-state index >= 15 is 0 Å². The molecule has 1 fully saturated rings. The molecule has 0 radical (unpaired) electrons. The zero-order valence-corrected chi connectivity index (χ0v) is 16.7. The average molecular weight is 413 g/mol. The topological polar surface area (TPSA) is 93.1 Å². The molecule has 0 bridgehead atoms. The molecule has 1 heterocycles. The van der Waals surface area contributed by atoms with Gasteiger partial charge in [-0.25, -0.2) is 4.79 Å². The van der Waals surface area contributed by atoms with Gasteiger partial charge in [0.15, 0.2) is 11.5 Å². The van der Waals surface area contributed by atoms with E-state index in [1.54, 1.807) is 43.3 Å². The van der Waals surface area contributed by atoms with Gasteiger partial charge < -0.3 is 14.6 Å². The Morgan fingerprint density at radius 1 is 1.21 bits per heavy atom. The number of likely N-dealkylation sites (N-methyl/N-ethyl adjacent to an activating group) is 1.